The maximum Gasteiger partial charge on any atom is 0.0991 e. The molecule has 0 aromatic heterocycles. The highest BCUT2D eigenvalue weighted by Gasteiger charge is 2.17. The van der Waals surface area contributed by atoms with Crippen molar-refractivity contribution in [3.8, 4) is 6.07 Å². The van der Waals surface area contributed by atoms with Gasteiger partial charge in [0.25, 0.3) is 0 Å². The van der Waals surface area contributed by atoms with E-state index in [1.165, 1.54) is 27.8 Å². The molecule has 1 heteroatoms. The number of rotatable bonds is 1. The topological polar surface area (TPSA) is 23.8 Å². The number of allylic oxidation sites excluding steroid dienone is 4. The molecule has 18 heavy (non-hydrogen) atoms. The molecular formula is C17H19N. The van der Waals surface area contributed by atoms with Crippen molar-refractivity contribution in [1.82, 2.24) is 0 Å². The number of aryl methyl sites for hydroxylation is 1. The molecule has 0 amide bonds. The Balaban J connectivity index is 2.61. The Morgan fingerprint density at radius 2 is 1.94 bits per heavy atom. The fourth-order valence-electron chi connectivity index (χ4n) is 2.59. The summed E-state index contributed by atoms with van der Waals surface area (Å²) in [7, 11) is 0. The van der Waals surface area contributed by atoms with Gasteiger partial charge in [0, 0.05) is 0 Å². The van der Waals surface area contributed by atoms with Crippen LogP contribution < -0.4 is 0 Å². The van der Waals surface area contributed by atoms with Crippen LogP contribution in [-0.4, -0.2) is 0 Å². The third-order valence-corrected chi connectivity index (χ3v) is 3.84. The first kappa shape index (κ1) is 12.6. The van der Waals surface area contributed by atoms with Gasteiger partial charge in [-0.3, -0.25) is 0 Å². The van der Waals surface area contributed by atoms with Gasteiger partial charge in [-0.05, 0) is 61.9 Å². The lowest BCUT2D eigenvalue weighted by molar-refractivity contribution is 0.666. The van der Waals surface area contributed by atoms with Gasteiger partial charge in [0.1, 0.15) is 0 Å². The zero-order chi connectivity index (χ0) is 13.3. The predicted molar refractivity (Wildman–Crippen MR) is 76.0 cm³/mol. The molecule has 0 radical (unpaired) electrons. The largest absolute Gasteiger partial charge is 0.192 e. The first-order valence-corrected chi connectivity index (χ1v) is 6.42. The van der Waals surface area contributed by atoms with Gasteiger partial charge in [0.2, 0.25) is 0 Å². The molecule has 0 bridgehead atoms. The van der Waals surface area contributed by atoms with Crippen molar-refractivity contribution in [2.24, 2.45) is 5.92 Å². The Morgan fingerprint density at radius 3 is 2.61 bits per heavy atom. The van der Waals surface area contributed by atoms with E-state index in [0.29, 0.717) is 5.92 Å². The van der Waals surface area contributed by atoms with Gasteiger partial charge < -0.3 is 0 Å². The molecule has 0 aliphatic heterocycles. The molecule has 0 fully saturated rings. The normalized spacial score (nSPS) is 19.5. The van der Waals surface area contributed by atoms with E-state index in [1.807, 2.05) is 18.2 Å². The monoisotopic (exact) mass is 237 g/mol. The van der Waals surface area contributed by atoms with Crippen molar-refractivity contribution in [2.45, 2.75) is 34.1 Å². The van der Waals surface area contributed by atoms with Crippen LogP contribution in [0.2, 0.25) is 0 Å². The average Bonchev–Trinajstić information content (AvgIpc) is 2.34. The predicted octanol–water partition coefficient (Wildman–Crippen LogP) is 4.63. The van der Waals surface area contributed by atoms with Crippen molar-refractivity contribution in [1.29, 1.82) is 5.26 Å². The van der Waals surface area contributed by atoms with Crippen molar-refractivity contribution in [2.75, 3.05) is 0 Å². The lowest BCUT2D eigenvalue weighted by Crippen LogP contribution is -2.06. The smallest absolute Gasteiger partial charge is 0.0991 e. The molecule has 1 unspecified atom stereocenters. The summed E-state index contributed by atoms with van der Waals surface area (Å²) >= 11 is 0. The Bertz CT molecular complexity index is 582. The molecule has 2 rings (SSSR count). The van der Waals surface area contributed by atoms with Crippen LogP contribution in [0.5, 0.6) is 0 Å². The van der Waals surface area contributed by atoms with Crippen LogP contribution in [0, 0.1) is 24.2 Å². The molecule has 0 N–H and O–H groups in total. The van der Waals surface area contributed by atoms with Crippen LogP contribution in [0.3, 0.4) is 0 Å². The van der Waals surface area contributed by atoms with E-state index in [2.05, 4.69) is 39.8 Å². The van der Waals surface area contributed by atoms with Crippen LogP contribution in [0.15, 0.2) is 35.4 Å². The summed E-state index contributed by atoms with van der Waals surface area (Å²) in [6.07, 6.45) is 3.42. The van der Waals surface area contributed by atoms with Gasteiger partial charge in [0.05, 0.1) is 11.6 Å². The van der Waals surface area contributed by atoms with E-state index < -0.39 is 0 Å². The molecule has 1 atom stereocenters. The summed E-state index contributed by atoms with van der Waals surface area (Å²) < 4.78 is 0. The average molecular weight is 237 g/mol. The summed E-state index contributed by atoms with van der Waals surface area (Å²) in [5.74, 6) is 0.593. The molecule has 0 spiro atoms. The Morgan fingerprint density at radius 1 is 1.22 bits per heavy atom. The van der Waals surface area contributed by atoms with Crippen LogP contribution in [0.4, 0.5) is 0 Å². The van der Waals surface area contributed by atoms with Gasteiger partial charge in [-0.15, -0.1) is 0 Å². The molecule has 1 aliphatic carbocycles. The van der Waals surface area contributed by atoms with Crippen LogP contribution in [-0.2, 0) is 0 Å². The highest BCUT2D eigenvalue weighted by Crippen LogP contribution is 2.35. The fraction of sp³-hybridized carbons (Fsp3) is 0.353. The highest BCUT2D eigenvalue weighted by molar-refractivity contribution is 5.80. The molecule has 1 aromatic rings. The Kier molecular flexibility index (Phi) is 3.39. The minimum absolute atomic E-state index is 0.593. The third-order valence-electron chi connectivity index (χ3n) is 3.84. The van der Waals surface area contributed by atoms with E-state index in [4.69, 9.17) is 5.26 Å². The second-order valence-corrected chi connectivity index (χ2v) is 5.33. The number of hydrogen-bond acceptors (Lipinski definition) is 1. The van der Waals surface area contributed by atoms with Crippen molar-refractivity contribution < 1.29 is 0 Å². The lowest BCUT2D eigenvalue weighted by Gasteiger charge is -2.23. The second-order valence-electron chi connectivity index (χ2n) is 5.33. The maximum absolute atomic E-state index is 9.04. The summed E-state index contributed by atoms with van der Waals surface area (Å²) in [5.41, 5.74) is 7.34. The van der Waals surface area contributed by atoms with Gasteiger partial charge in [0.15, 0.2) is 0 Å². The minimum Gasteiger partial charge on any atom is -0.192 e. The number of hydrogen-bond donors (Lipinski definition) is 0. The van der Waals surface area contributed by atoms with Crippen molar-refractivity contribution in [3.63, 3.8) is 0 Å². The second kappa shape index (κ2) is 4.82. The van der Waals surface area contributed by atoms with Gasteiger partial charge in [-0.2, -0.15) is 5.26 Å². The SMILES string of the molecule is CC1=CC(c2cc(C#N)ccc2C)=C(C)C(C)C1. The molecule has 1 aromatic carbocycles. The Hall–Kier alpha value is -1.81. The standard InChI is InChI=1S/C17H19N/c1-11-7-13(3)14(4)17(8-11)16-9-15(10-18)6-5-12(16)2/h5-6,8-9,13H,7H2,1-4H3. The number of nitriles is 1. The van der Waals surface area contributed by atoms with Gasteiger partial charge >= 0.3 is 0 Å². The number of benzene rings is 1. The number of nitrogens with zero attached hydrogens (tertiary/aromatic N) is 1. The zero-order valence-corrected chi connectivity index (χ0v) is 11.5. The third kappa shape index (κ3) is 2.24. The summed E-state index contributed by atoms with van der Waals surface area (Å²) in [5, 5.41) is 9.04. The summed E-state index contributed by atoms with van der Waals surface area (Å²) in [6, 6.07) is 8.16. The molecule has 92 valence electrons. The van der Waals surface area contributed by atoms with E-state index in [-0.39, 0.29) is 0 Å². The van der Waals surface area contributed by atoms with Crippen LogP contribution in [0.1, 0.15) is 43.9 Å². The van der Waals surface area contributed by atoms with Gasteiger partial charge in [-0.1, -0.05) is 30.2 Å². The quantitative estimate of drug-likeness (QED) is 0.698. The van der Waals surface area contributed by atoms with E-state index in [9.17, 15) is 0 Å². The molecule has 1 aliphatic rings. The molecule has 1 nitrogen and oxygen atoms in total. The van der Waals surface area contributed by atoms with Crippen LogP contribution in [0.25, 0.3) is 5.57 Å². The zero-order valence-electron chi connectivity index (χ0n) is 11.5. The highest BCUT2D eigenvalue weighted by atomic mass is 14.3. The first-order chi connectivity index (χ1) is 8.52. The van der Waals surface area contributed by atoms with Crippen molar-refractivity contribution in [3.05, 3.63) is 52.1 Å². The molecule has 0 saturated carbocycles. The summed E-state index contributed by atoms with van der Waals surface area (Å²) in [6.45, 7) is 8.78. The lowest BCUT2D eigenvalue weighted by atomic mass is 9.82. The minimum atomic E-state index is 0.593. The molecule has 0 heterocycles. The Labute approximate surface area is 109 Å². The van der Waals surface area contributed by atoms with E-state index in [0.717, 1.165) is 12.0 Å². The molecule has 0 saturated heterocycles. The maximum atomic E-state index is 9.04. The van der Waals surface area contributed by atoms with Crippen LogP contribution >= 0.6 is 0 Å². The van der Waals surface area contributed by atoms with E-state index in [1.54, 1.807) is 0 Å². The molecular weight excluding hydrogens is 218 g/mol. The summed E-state index contributed by atoms with van der Waals surface area (Å²) in [4.78, 5) is 0. The fourth-order valence-corrected chi connectivity index (χ4v) is 2.59. The van der Waals surface area contributed by atoms with Crippen molar-refractivity contribution >= 4 is 5.57 Å². The van der Waals surface area contributed by atoms with E-state index >= 15 is 0 Å². The van der Waals surface area contributed by atoms with Gasteiger partial charge in [-0.25, -0.2) is 0 Å². The first-order valence-electron chi connectivity index (χ1n) is 6.42.